The molecule has 1 amide bonds. The second kappa shape index (κ2) is 15.0. The molecule has 2 heterocycles. The lowest BCUT2D eigenvalue weighted by Crippen LogP contribution is -2.54. The first-order valence-corrected chi connectivity index (χ1v) is 18.9. The summed E-state index contributed by atoms with van der Waals surface area (Å²) in [5.41, 5.74) is 3.09. The van der Waals surface area contributed by atoms with Gasteiger partial charge in [-0.15, -0.1) is 0 Å². The largest absolute Gasteiger partial charge is 0.540 e. The van der Waals surface area contributed by atoms with E-state index in [-0.39, 0.29) is 6.04 Å². The fourth-order valence-electron chi connectivity index (χ4n) is 6.95. The third kappa shape index (κ3) is 8.39. The molecule has 0 spiro atoms. The zero-order chi connectivity index (χ0) is 34.5. The van der Waals surface area contributed by atoms with Gasteiger partial charge in [-0.3, -0.25) is 9.88 Å². The summed E-state index contributed by atoms with van der Waals surface area (Å²) in [7, 11) is -1.03. The van der Waals surface area contributed by atoms with Gasteiger partial charge in [-0.2, -0.15) is 0 Å². The lowest BCUT2D eigenvalue weighted by atomic mass is 9.97. The Morgan fingerprint density at radius 2 is 1.66 bits per heavy atom. The minimum Gasteiger partial charge on any atom is -0.540 e. The third-order valence-corrected chi connectivity index (χ3v) is 15.0. The molecular formula is C37H53N3O6Si. The summed E-state index contributed by atoms with van der Waals surface area (Å²) in [4.78, 5) is 32.1. The molecule has 47 heavy (non-hydrogen) atoms. The summed E-state index contributed by atoms with van der Waals surface area (Å²) in [6.07, 6.45) is 2.29. The molecule has 1 saturated heterocycles. The fourth-order valence-corrected chi connectivity index (χ4v) is 12.2. The molecule has 2 atom stereocenters. The molecule has 10 heteroatoms. The van der Waals surface area contributed by atoms with Crippen LogP contribution in [-0.4, -0.2) is 61.6 Å². The predicted molar refractivity (Wildman–Crippen MR) is 190 cm³/mol. The number of carbonyl (C=O) groups excluding carboxylic acids is 2. The van der Waals surface area contributed by atoms with Crippen LogP contribution in [0.5, 0.6) is 11.5 Å². The first kappa shape index (κ1) is 36.1. The number of rotatable bonds is 11. The number of piperidine rings is 1. The van der Waals surface area contributed by atoms with Crippen molar-refractivity contribution in [1.29, 1.82) is 0 Å². The molecular weight excluding hydrogens is 611 g/mol. The van der Waals surface area contributed by atoms with Crippen LogP contribution in [0.15, 0.2) is 54.7 Å². The van der Waals surface area contributed by atoms with Crippen molar-refractivity contribution >= 4 is 37.0 Å². The summed E-state index contributed by atoms with van der Waals surface area (Å²) in [5.74, 6) is 0.951. The van der Waals surface area contributed by atoms with Gasteiger partial charge in [0.15, 0.2) is 11.5 Å². The molecule has 3 aromatic rings. The molecule has 1 aliphatic heterocycles. The Hall–Kier alpha value is -3.79. The van der Waals surface area contributed by atoms with Crippen LogP contribution >= 0.6 is 0 Å². The highest BCUT2D eigenvalue weighted by Gasteiger charge is 2.48. The van der Waals surface area contributed by atoms with Crippen LogP contribution in [0.25, 0.3) is 10.9 Å². The van der Waals surface area contributed by atoms with Crippen LogP contribution in [0.2, 0.25) is 16.6 Å². The van der Waals surface area contributed by atoms with Crippen molar-refractivity contribution in [3.05, 3.63) is 60.3 Å². The highest BCUT2D eigenvalue weighted by atomic mass is 28.4. The van der Waals surface area contributed by atoms with E-state index < -0.39 is 32.0 Å². The van der Waals surface area contributed by atoms with E-state index in [2.05, 4.69) is 65.1 Å². The van der Waals surface area contributed by atoms with E-state index in [1.54, 1.807) is 0 Å². The number of anilines is 1. The number of likely N-dealkylation sites (tertiary alicyclic amines) is 1. The topological polar surface area (TPSA) is 99.2 Å². The van der Waals surface area contributed by atoms with E-state index in [9.17, 15) is 9.59 Å². The lowest BCUT2D eigenvalue weighted by Gasteiger charge is -2.42. The number of aromatic nitrogens is 1. The minimum atomic E-state index is -2.38. The van der Waals surface area contributed by atoms with E-state index in [1.807, 2.05) is 57.3 Å². The summed E-state index contributed by atoms with van der Waals surface area (Å²) < 4.78 is 24.5. The second-order valence-electron chi connectivity index (χ2n) is 14.5. The van der Waals surface area contributed by atoms with E-state index in [0.29, 0.717) is 48.4 Å². The van der Waals surface area contributed by atoms with Crippen LogP contribution in [-0.2, 0) is 20.9 Å². The number of carbonyl (C=O) groups is 2. The van der Waals surface area contributed by atoms with Gasteiger partial charge >= 0.3 is 12.1 Å². The molecule has 0 aliphatic carbocycles. The highest BCUT2D eigenvalue weighted by molar-refractivity contribution is 6.78. The van der Waals surface area contributed by atoms with E-state index in [0.717, 1.165) is 27.9 Å². The van der Waals surface area contributed by atoms with Crippen LogP contribution < -0.4 is 14.5 Å². The first-order chi connectivity index (χ1) is 22.2. The van der Waals surface area contributed by atoms with Gasteiger partial charge in [0.2, 0.25) is 0 Å². The second-order valence-corrected chi connectivity index (χ2v) is 19.8. The molecule has 1 N–H and O–H groups in total. The number of ether oxygens (including phenoxy) is 3. The molecule has 9 nitrogen and oxygen atoms in total. The maximum Gasteiger partial charge on any atom is 0.411 e. The van der Waals surface area contributed by atoms with Crippen molar-refractivity contribution in [2.75, 3.05) is 19.0 Å². The maximum absolute atomic E-state index is 13.0. The molecule has 1 fully saturated rings. The SMILES string of the molecule is COC(=O)[C@@H]1C[C@@H](Nc2cnc3ccc(OCc4ccccc4)c(O[Si](C(C)C)(C(C)C)C(C)C)c3c2)CCN1C(=O)OC(C)(C)C. The minimum absolute atomic E-state index is 0.102. The van der Waals surface area contributed by atoms with E-state index in [4.69, 9.17) is 23.6 Å². The van der Waals surface area contributed by atoms with Crippen LogP contribution in [0.1, 0.15) is 80.7 Å². The van der Waals surface area contributed by atoms with Gasteiger partial charge in [0.05, 0.1) is 24.5 Å². The molecule has 256 valence electrons. The van der Waals surface area contributed by atoms with Crippen LogP contribution in [0, 0.1) is 0 Å². The summed E-state index contributed by atoms with van der Waals surface area (Å²) in [6.45, 7) is 19.8. The lowest BCUT2D eigenvalue weighted by molar-refractivity contribution is -0.148. The van der Waals surface area contributed by atoms with Crippen molar-refractivity contribution < 1.29 is 28.2 Å². The van der Waals surface area contributed by atoms with Gasteiger partial charge in [0, 0.05) is 18.0 Å². The smallest absolute Gasteiger partial charge is 0.411 e. The number of pyridine rings is 1. The number of fused-ring (bicyclic) bond motifs is 1. The normalized spacial score (nSPS) is 17.3. The molecule has 1 aromatic heterocycles. The standard InChI is InChI=1S/C37H53N3O6Si/c1-24(2)47(25(3)4,26(5)6)46-34-30-20-29(22-38-31(30)16-17-33(34)44-23-27-14-12-11-13-15-27)39-28-18-19-40(32(21-28)35(41)43-10)36(42)45-37(7,8)9/h11-17,20,22,24-26,28,32,39H,18-19,21,23H2,1-10H3/t28-,32-/m0/s1. The van der Waals surface area contributed by atoms with Crippen LogP contribution in [0.4, 0.5) is 10.5 Å². The molecule has 0 radical (unpaired) electrons. The Kier molecular flexibility index (Phi) is 11.5. The Labute approximate surface area is 281 Å². The summed E-state index contributed by atoms with van der Waals surface area (Å²) in [5, 5.41) is 4.46. The first-order valence-electron chi connectivity index (χ1n) is 16.8. The van der Waals surface area contributed by atoms with Gasteiger partial charge in [-0.1, -0.05) is 71.9 Å². The van der Waals surface area contributed by atoms with Crippen molar-refractivity contribution in [3.8, 4) is 11.5 Å². The van der Waals surface area contributed by atoms with Gasteiger partial charge in [-0.25, -0.2) is 9.59 Å². The van der Waals surface area contributed by atoms with Crippen LogP contribution in [0.3, 0.4) is 0 Å². The molecule has 0 saturated carbocycles. The van der Waals surface area contributed by atoms with Crippen molar-refractivity contribution in [2.24, 2.45) is 0 Å². The number of benzene rings is 2. The molecule has 1 aliphatic rings. The zero-order valence-electron chi connectivity index (χ0n) is 29.8. The Balaban J connectivity index is 1.70. The zero-order valence-corrected chi connectivity index (χ0v) is 30.8. The number of nitrogens with zero attached hydrogens (tertiary/aromatic N) is 2. The third-order valence-electron chi connectivity index (χ3n) is 9.08. The highest BCUT2D eigenvalue weighted by Crippen LogP contribution is 2.47. The molecule has 0 bridgehead atoms. The number of methoxy groups -OCH3 is 1. The Morgan fingerprint density at radius 1 is 1.00 bits per heavy atom. The van der Waals surface area contributed by atoms with Crippen molar-refractivity contribution in [3.63, 3.8) is 0 Å². The number of esters is 1. The predicted octanol–water partition coefficient (Wildman–Crippen LogP) is 8.72. The van der Waals surface area contributed by atoms with Crippen molar-refractivity contribution in [1.82, 2.24) is 9.88 Å². The van der Waals surface area contributed by atoms with Gasteiger partial charge in [0.25, 0.3) is 8.32 Å². The van der Waals surface area contributed by atoms with Gasteiger partial charge in [-0.05, 0) is 74.0 Å². The Morgan fingerprint density at radius 3 is 2.26 bits per heavy atom. The molecule has 0 unspecified atom stereocenters. The van der Waals surface area contributed by atoms with Gasteiger partial charge in [0.1, 0.15) is 18.2 Å². The number of hydrogen-bond donors (Lipinski definition) is 1. The van der Waals surface area contributed by atoms with Gasteiger partial charge < -0.3 is 24.0 Å². The molecule has 2 aromatic carbocycles. The maximum atomic E-state index is 13.0. The fraction of sp³-hybridized carbons (Fsp3) is 0.541. The quantitative estimate of drug-likeness (QED) is 0.161. The van der Waals surface area contributed by atoms with E-state index in [1.165, 1.54) is 12.0 Å². The summed E-state index contributed by atoms with van der Waals surface area (Å²) >= 11 is 0. The summed E-state index contributed by atoms with van der Waals surface area (Å²) in [6, 6.07) is 15.3. The average molecular weight is 664 g/mol. The number of amides is 1. The average Bonchev–Trinajstić information content (AvgIpc) is 3.01. The molecule has 4 rings (SSSR count). The Bertz CT molecular complexity index is 1500. The van der Waals surface area contributed by atoms with Crippen molar-refractivity contribution in [2.45, 2.75) is 116 Å². The number of hydrogen-bond acceptors (Lipinski definition) is 8. The monoisotopic (exact) mass is 663 g/mol. The van der Waals surface area contributed by atoms with E-state index >= 15 is 0 Å². The number of nitrogens with one attached hydrogen (secondary N) is 1.